The zero-order valence-electron chi connectivity index (χ0n) is 14.7. The summed E-state index contributed by atoms with van der Waals surface area (Å²) >= 11 is 0. The molecule has 0 radical (unpaired) electrons. The summed E-state index contributed by atoms with van der Waals surface area (Å²) in [7, 11) is 0. The van der Waals surface area contributed by atoms with Crippen molar-refractivity contribution in [2.75, 3.05) is 0 Å². The number of ketones is 1. The average molecular weight is 339 g/mol. The van der Waals surface area contributed by atoms with Crippen LogP contribution in [0.25, 0.3) is 28.0 Å². The van der Waals surface area contributed by atoms with Crippen LogP contribution in [0.4, 0.5) is 0 Å². The third-order valence-corrected chi connectivity index (χ3v) is 5.10. The number of aryl methyl sites for hydroxylation is 2. The third-order valence-electron chi connectivity index (χ3n) is 5.10. The lowest BCUT2D eigenvalue weighted by molar-refractivity contribution is 0.104. The molecule has 0 atom stereocenters. The van der Waals surface area contributed by atoms with Gasteiger partial charge in [0, 0.05) is 16.5 Å². The summed E-state index contributed by atoms with van der Waals surface area (Å²) < 4.78 is 1.88. The van der Waals surface area contributed by atoms with Gasteiger partial charge in [-0.15, -0.1) is 0 Å². The topological polar surface area (TPSA) is 47.8 Å². The van der Waals surface area contributed by atoms with Gasteiger partial charge < -0.3 is 0 Å². The molecular weight excluding hydrogens is 322 g/mol. The van der Waals surface area contributed by atoms with E-state index in [0.29, 0.717) is 0 Å². The number of hydrogen-bond acceptors (Lipinski definition) is 3. The van der Waals surface area contributed by atoms with Crippen molar-refractivity contribution in [2.24, 2.45) is 0 Å². The van der Waals surface area contributed by atoms with E-state index >= 15 is 0 Å². The number of fused-ring (bicyclic) bond motifs is 4. The Bertz CT molecular complexity index is 1190. The molecule has 4 heteroatoms. The lowest BCUT2D eigenvalue weighted by atomic mass is 9.99. The number of hydrogen-bond donors (Lipinski definition) is 0. The smallest absolute Gasteiger partial charge is 0.196 e. The van der Waals surface area contributed by atoms with Gasteiger partial charge in [0.25, 0.3) is 0 Å². The van der Waals surface area contributed by atoms with Crippen LogP contribution < -0.4 is 0 Å². The largest absolute Gasteiger partial charge is 0.288 e. The highest BCUT2D eigenvalue weighted by Gasteiger charge is 2.32. The molecule has 0 amide bonds. The Morgan fingerprint density at radius 2 is 1.65 bits per heavy atom. The van der Waals surface area contributed by atoms with Gasteiger partial charge >= 0.3 is 0 Å². The van der Waals surface area contributed by atoms with Gasteiger partial charge in [0.1, 0.15) is 0 Å². The van der Waals surface area contributed by atoms with E-state index in [1.54, 1.807) is 0 Å². The Labute approximate surface area is 151 Å². The van der Waals surface area contributed by atoms with Crippen molar-refractivity contribution in [3.8, 4) is 16.9 Å². The van der Waals surface area contributed by atoms with Crippen LogP contribution in [0.2, 0.25) is 0 Å². The van der Waals surface area contributed by atoms with Crippen LogP contribution >= 0.6 is 0 Å². The lowest BCUT2D eigenvalue weighted by Crippen LogP contribution is -2.04. The molecule has 4 aromatic rings. The molecule has 1 aliphatic carbocycles. The van der Waals surface area contributed by atoms with Crippen molar-refractivity contribution >= 4 is 16.8 Å². The van der Waals surface area contributed by atoms with Crippen LogP contribution in [-0.2, 0) is 6.42 Å². The number of nitrogens with zero attached hydrogens (tertiary/aromatic N) is 3. The number of pyridine rings is 1. The first-order valence-electron chi connectivity index (χ1n) is 8.82. The van der Waals surface area contributed by atoms with Gasteiger partial charge in [0.2, 0.25) is 0 Å². The zero-order chi connectivity index (χ0) is 17.8. The molecule has 0 aliphatic heterocycles. The molecule has 0 saturated heterocycles. The summed E-state index contributed by atoms with van der Waals surface area (Å²) in [6.45, 7) is 4.08. The lowest BCUT2D eigenvalue weighted by Gasteiger charge is -2.09. The Kier molecular flexibility index (Phi) is 3.10. The quantitative estimate of drug-likeness (QED) is 0.476. The molecule has 0 saturated carbocycles. The number of benzene rings is 2. The first-order valence-corrected chi connectivity index (χ1v) is 8.82. The molecule has 4 nitrogen and oxygen atoms in total. The zero-order valence-corrected chi connectivity index (χ0v) is 14.7. The minimum absolute atomic E-state index is 0.0775. The number of para-hydroxylation sites is 1. The summed E-state index contributed by atoms with van der Waals surface area (Å²) in [5.74, 6) is 0.0775. The van der Waals surface area contributed by atoms with E-state index in [2.05, 4.69) is 6.92 Å². The van der Waals surface area contributed by atoms with Crippen molar-refractivity contribution in [2.45, 2.75) is 20.3 Å². The number of rotatable bonds is 2. The van der Waals surface area contributed by atoms with Gasteiger partial charge in [-0.05, 0) is 31.0 Å². The molecule has 2 aromatic heterocycles. The Balaban J connectivity index is 1.92. The molecule has 0 unspecified atom stereocenters. The Morgan fingerprint density at radius 3 is 2.38 bits per heavy atom. The van der Waals surface area contributed by atoms with Gasteiger partial charge in [-0.1, -0.05) is 49.4 Å². The number of aromatic nitrogens is 3. The van der Waals surface area contributed by atoms with E-state index in [9.17, 15) is 4.79 Å². The van der Waals surface area contributed by atoms with Gasteiger partial charge in [-0.2, -0.15) is 5.10 Å². The highest BCUT2D eigenvalue weighted by Crippen LogP contribution is 2.40. The average Bonchev–Trinajstić information content (AvgIpc) is 3.17. The summed E-state index contributed by atoms with van der Waals surface area (Å²) in [5.41, 5.74) is 6.93. The second-order valence-electron chi connectivity index (χ2n) is 6.57. The van der Waals surface area contributed by atoms with Gasteiger partial charge in [-0.3, -0.25) is 4.79 Å². The van der Waals surface area contributed by atoms with Crippen LogP contribution in [0.15, 0.2) is 54.6 Å². The van der Waals surface area contributed by atoms with Crippen LogP contribution in [0.1, 0.15) is 34.1 Å². The molecule has 2 aromatic carbocycles. The number of carbonyl (C=O) groups is 1. The van der Waals surface area contributed by atoms with Crippen molar-refractivity contribution < 1.29 is 4.79 Å². The standard InChI is InChI=1S/C22H17N3O/c1-3-15-18-13(2)24-25(14-9-5-4-6-10-14)22(18)23-20-16-11-7-8-12-17(16)21(26)19(15)20/h4-12H,3H2,1-2H3. The fraction of sp³-hybridized carbons (Fsp3) is 0.136. The van der Waals surface area contributed by atoms with E-state index in [1.165, 1.54) is 0 Å². The predicted octanol–water partition coefficient (Wildman–Crippen LogP) is 4.50. The van der Waals surface area contributed by atoms with Crippen molar-refractivity contribution in [3.05, 3.63) is 77.0 Å². The maximum absolute atomic E-state index is 13.0. The Hall–Kier alpha value is -3.27. The van der Waals surface area contributed by atoms with Crippen molar-refractivity contribution in [3.63, 3.8) is 0 Å². The molecule has 0 spiro atoms. The monoisotopic (exact) mass is 339 g/mol. The SMILES string of the molecule is CCc1c2c(nc3c1c(C)nn3-c1ccccc1)-c1ccccc1C2=O. The Morgan fingerprint density at radius 1 is 0.962 bits per heavy atom. The molecule has 0 fully saturated rings. The van der Waals surface area contributed by atoms with E-state index < -0.39 is 0 Å². The van der Waals surface area contributed by atoms with Crippen molar-refractivity contribution in [1.82, 2.24) is 14.8 Å². The molecule has 1 aliphatic rings. The van der Waals surface area contributed by atoms with Crippen LogP contribution in [0, 0.1) is 6.92 Å². The highest BCUT2D eigenvalue weighted by molar-refractivity contribution is 6.23. The predicted molar refractivity (Wildman–Crippen MR) is 102 cm³/mol. The van der Waals surface area contributed by atoms with Gasteiger partial charge in [0.15, 0.2) is 11.4 Å². The van der Waals surface area contributed by atoms with Gasteiger partial charge in [0.05, 0.1) is 22.6 Å². The summed E-state index contributed by atoms with van der Waals surface area (Å²) in [6, 6.07) is 17.7. The third kappa shape index (κ3) is 1.87. The van der Waals surface area contributed by atoms with Crippen molar-refractivity contribution in [1.29, 1.82) is 0 Å². The first-order chi connectivity index (χ1) is 12.7. The minimum Gasteiger partial charge on any atom is -0.288 e. The van der Waals surface area contributed by atoms with Gasteiger partial charge in [-0.25, -0.2) is 9.67 Å². The molecule has 5 rings (SSSR count). The second kappa shape index (κ2) is 5.36. The molecule has 0 bridgehead atoms. The fourth-order valence-corrected chi connectivity index (χ4v) is 3.97. The summed E-state index contributed by atoms with van der Waals surface area (Å²) in [4.78, 5) is 18.0. The molecule has 26 heavy (non-hydrogen) atoms. The van der Waals surface area contributed by atoms with E-state index in [0.717, 1.165) is 56.8 Å². The fourth-order valence-electron chi connectivity index (χ4n) is 3.97. The van der Waals surface area contributed by atoms with Crippen LogP contribution in [0.3, 0.4) is 0 Å². The molecular formula is C22H17N3O. The normalized spacial score (nSPS) is 12.5. The van der Waals surface area contributed by atoms with Crippen LogP contribution in [-0.4, -0.2) is 20.5 Å². The van der Waals surface area contributed by atoms with Crippen LogP contribution in [0.5, 0.6) is 0 Å². The maximum Gasteiger partial charge on any atom is 0.196 e. The van der Waals surface area contributed by atoms with E-state index in [-0.39, 0.29) is 5.78 Å². The molecule has 0 N–H and O–H groups in total. The maximum atomic E-state index is 13.0. The van der Waals surface area contributed by atoms with E-state index in [4.69, 9.17) is 10.1 Å². The minimum atomic E-state index is 0.0775. The summed E-state index contributed by atoms with van der Waals surface area (Å²) in [6.07, 6.45) is 0.766. The summed E-state index contributed by atoms with van der Waals surface area (Å²) in [5, 5.41) is 5.73. The highest BCUT2D eigenvalue weighted by atomic mass is 16.1. The number of carbonyl (C=O) groups excluding carboxylic acids is 1. The van der Waals surface area contributed by atoms with E-state index in [1.807, 2.05) is 66.2 Å². The molecule has 126 valence electrons. The first kappa shape index (κ1) is 15.0. The molecule has 2 heterocycles. The second-order valence-corrected chi connectivity index (χ2v) is 6.57.